The summed E-state index contributed by atoms with van der Waals surface area (Å²) in [7, 11) is 3.58. The summed E-state index contributed by atoms with van der Waals surface area (Å²) >= 11 is 0. The number of ether oxygens (including phenoxy) is 1. The Hall–Kier alpha value is -2.07. The van der Waals surface area contributed by atoms with Crippen molar-refractivity contribution < 1.29 is 37.0 Å². The molecule has 2 saturated heterocycles. The lowest BCUT2D eigenvalue weighted by Crippen LogP contribution is -2.42. The van der Waals surface area contributed by atoms with Gasteiger partial charge in [0.2, 0.25) is 0 Å². The van der Waals surface area contributed by atoms with Crippen molar-refractivity contribution >= 4 is 11.9 Å². The number of halogens is 3. The van der Waals surface area contributed by atoms with Crippen molar-refractivity contribution in [3.63, 3.8) is 0 Å². The van der Waals surface area contributed by atoms with E-state index in [0.29, 0.717) is 5.92 Å². The number of rotatable bonds is 3. The Kier molecular flexibility index (Phi) is 6.88. The molecule has 2 aliphatic rings. The number of carbonyl (C=O) groups is 2. The Morgan fingerprint density at radius 3 is 2.56 bits per heavy atom. The number of alkyl halides is 3. The number of piperidine rings is 1. The lowest BCUT2D eigenvalue weighted by Gasteiger charge is -2.33. The first-order valence-electron chi connectivity index (χ1n) is 8.48. The molecule has 0 bridgehead atoms. The Morgan fingerprint density at radius 1 is 1.37 bits per heavy atom. The number of aliphatic carboxylic acids is 1. The topological polar surface area (TPSA) is 83.2 Å². The van der Waals surface area contributed by atoms with Gasteiger partial charge in [0.25, 0.3) is 5.91 Å². The lowest BCUT2D eigenvalue weighted by atomic mass is 9.91. The maximum absolute atomic E-state index is 12.0. The number of hydrogen-bond donors (Lipinski definition) is 1. The Balaban J connectivity index is 0.000000321. The van der Waals surface area contributed by atoms with Gasteiger partial charge in [-0.15, -0.1) is 0 Å². The highest BCUT2D eigenvalue weighted by Gasteiger charge is 2.42. The molecule has 3 atom stereocenters. The lowest BCUT2D eigenvalue weighted by molar-refractivity contribution is -0.192. The summed E-state index contributed by atoms with van der Waals surface area (Å²) < 4.78 is 42.8. The highest BCUT2D eigenvalue weighted by Crippen LogP contribution is 2.34. The van der Waals surface area contributed by atoms with Crippen molar-refractivity contribution in [3.8, 4) is 0 Å². The average molecular weight is 392 g/mol. The van der Waals surface area contributed by atoms with Crippen LogP contribution in [0.5, 0.6) is 0 Å². The third kappa shape index (κ3) is 5.96. The number of carboxylic acids is 1. The summed E-state index contributed by atoms with van der Waals surface area (Å²) in [4.78, 5) is 24.9. The Bertz CT molecular complexity index is 633. The fourth-order valence-electron chi connectivity index (χ4n) is 3.23. The SMILES string of the molecule is CN(C)C(=O)[C@H]1C[C@@H]2CCN(Cc3ccoc3)C[C@@H]2O1.O=C(O)C(F)(F)F. The molecule has 0 saturated carbocycles. The van der Waals surface area contributed by atoms with Crippen LogP contribution in [0.3, 0.4) is 0 Å². The van der Waals surface area contributed by atoms with E-state index in [0.717, 1.165) is 32.5 Å². The van der Waals surface area contributed by atoms with E-state index >= 15 is 0 Å². The molecule has 1 aromatic rings. The van der Waals surface area contributed by atoms with Crippen molar-refractivity contribution in [2.24, 2.45) is 5.92 Å². The quantitative estimate of drug-likeness (QED) is 0.847. The van der Waals surface area contributed by atoms with Crippen LogP contribution in [-0.4, -0.2) is 72.4 Å². The standard InChI is InChI=1S/C15H22N2O3.C2HF3O2/c1-16(2)15(18)13-7-12-3-5-17(9-14(12)20-13)8-11-4-6-19-10-11;3-2(4,5)1(6)7/h4,6,10,12-14H,3,5,7-9H2,1-2H3;(H,6,7)/t12-,13+,14-;/m0./s1. The molecule has 27 heavy (non-hydrogen) atoms. The van der Waals surface area contributed by atoms with Crippen LogP contribution in [0.4, 0.5) is 13.2 Å². The molecule has 2 fully saturated rings. The maximum atomic E-state index is 12.0. The average Bonchev–Trinajstić information content (AvgIpc) is 3.22. The molecule has 0 aromatic carbocycles. The third-order valence-corrected chi connectivity index (χ3v) is 4.58. The molecule has 1 N–H and O–H groups in total. The van der Waals surface area contributed by atoms with E-state index < -0.39 is 12.1 Å². The number of amides is 1. The van der Waals surface area contributed by atoms with E-state index in [9.17, 15) is 18.0 Å². The summed E-state index contributed by atoms with van der Waals surface area (Å²) in [5.74, 6) is -2.13. The Labute approximate surface area is 154 Å². The first-order chi connectivity index (χ1) is 12.6. The smallest absolute Gasteiger partial charge is 0.475 e. The highest BCUT2D eigenvalue weighted by molar-refractivity contribution is 5.80. The third-order valence-electron chi connectivity index (χ3n) is 4.58. The number of furan rings is 1. The summed E-state index contributed by atoms with van der Waals surface area (Å²) in [6.07, 6.45) is 0.361. The largest absolute Gasteiger partial charge is 0.490 e. The number of hydrogen-bond acceptors (Lipinski definition) is 5. The number of likely N-dealkylation sites (tertiary alicyclic amines) is 1. The van der Waals surface area contributed by atoms with Crippen molar-refractivity contribution in [2.45, 2.75) is 37.8 Å². The second-order valence-corrected chi connectivity index (χ2v) is 6.85. The molecular formula is C17H23F3N2O5. The van der Waals surface area contributed by atoms with Crippen LogP contribution in [0.1, 0.15) is 18.4 Å². The predicted molar refractivity (Wildman–Crippen MR) is 87.8 cm³/mol. The van der Waals surface area contributed by atoms with E-state index in [4.69, 9.17) is 19.1 Å². The van der Waals surface area contributed by atoms with Gasteiger partial charge >= 0.3 is 12.1 Å². The summed E-state index contributed by atoms with van der Waals surface area (Å²) in [5, 5.41) is 7.12. The summed E-state index contributed by atoms with van der Waals surface area (Å²) in [6.45, 7) is 2.88. The fourth-order valence-corrected chi connectivity index (χ4v) is 3.23. The summed E-state index contributed by atoms with van der Waals surface area (Å²) in [6, 6.07) is 2.00. The number of carbonyl (C=O) groups excluding carboxylic acids is 1. The molecule has 7 nitrogen and oxygen atoms in total. The predicted octanol–water partition coefficient (Wildman–Crippen LogP) is 1.98. The van der Waals surface area contributed by atoms with Crippen molar-refractivity contribution in [2.75, 3.05) is 27.2 Å². The second kappa shape index (κ2) is 8.75. The number of nitrogens with zero attached hydrogens (tertiary/aromatic N) is 2. The number of carboxylic acid groups (broad SMARTS) is 1. The van der Waals surface area contributed by atoms with Crippen LogP contribution < -0.4 is 0 Å². The van der Waals surface area contributed by atoms with Gasteiger partial charge in [-0.3, -0.25) is 9.69 Å². The van der Waals surface area contributed by atoms with Crippen molar-refractivity contribution in [1.29, 1.82) is 0 Å². The van der Waals surface area contributed by atoms with Gasteiger partial charge < -0.3 is 19.2 Å². The molecule has 1 amide bonds. The van der Waals surface area contributed by atoms with Gasteiger partial charge in [-0.05, 0) is 31.4 Å². The molecule has 2 aliphatic heterocycles. The van der Waals surface area contributed by atoms with Gasteiger partial charge in [0, 0.05) is 32.7 Å². The first-order valence-corrected chi connectivity index (χ1v) is 8.48. The van der Waals surface area contributed by atoms with E-state index in [1.807, 2.05) is 6.07 Å². The van der Waals surface area contributed by atoms with E-state index in [2.05, 4.69) is 4.90 Å². The minimum atomic E-state index is -5.08. The van der Waals surface area contributed by atoms with E-state index in [1.54, 1.807) is 31.5 Å². The molecule has 3 heterocycles. The van der Waals surface area contributed by atoms with Gasteiger partial charge in [0.1, 0.15) is 6.10 Å². The Morgan fingerprint density at radius 2 is 2.04 bits per heavy atom. The maximum Gasteiger partial charge on any atom is 0.490 e. The van der Waals surface area contributed by atoms with Gasteiger partial charge in [0.15, 0.2) is 0 Å². The molecule has 152 valence electrons. The van der Waals surface area contributed by atoms with E-state index in [-0.39, 0.29) is 18.1 Å². The first kappa shape index (κ1) is 21.2. The minimum absolute atomic E-state index is 0.0979. The van der Waals surface area contributed by atoms with E-state index in [1.165, 1.54) is 5.56 Å². The van der Waals surface area contributed by atoms with Crippen LogP contribution in [0, 0.1) is 5.92 Å². The van der Waals surface area contributed by atoms with Crippen LogP contribution in [-0.2, 0) is 20.9 Å². The van der Waals surface area contributed by atoms with Crippen LogP contribution in [0.15, 0.2) is 23.0 Å². The van der Waals surface area contributed by atoms with Gasteiger partial charge in [-0.1, -0.05) is 0 Å². The van der Waals surface area contributed by atoms with Crippen molar-refractivity contribution in [1.82, 2.24) is 9.80 Å². The number of likely N-dealkylation sites (N-methyl/N-ethyl adjacent to an activating group) is 1. The minimum Gasteiger partial charge on any atom is -0.475 e. The fraction of sp³-hybridized carbons (Fsp3) is 0.647. The molecule has 10 heteroatoms. The van der Waals surface area contributed by atoms with Gasteiger partial charge in [-0.2, -0.15) is 13.2 Å². The monoisotopic (exact) mass is 392 g/mol. The zero-order valence-electron chi connectivity index (χ0n) is 15.1. The van der Waals surface area contributed by atoms with Crippen LogP contribution in [0.25, 0.3) is 0 Å². The molecule has 1 aromatic heterocycles. The summed E-state index contributed by atoms with van der Waals surface area (Å²) in [5.41, 5.74) is 1.20. The molecule has 0 radical (unpaired) electrons. The second-order valence-electron chi connectivity index (χ2n) is 6.85. The van der Waals surface area contributed by atoms with Gasteiger partial charge in [-0.25, -0.2) is 4.79 Å². The molecular weight excluding hydrogens is 369 g/mol. The van der Waals surface area contributed by atoms with Gasteiger partial charge in [0.05, 0.1) is 18.6 Å². The molecule has 0 aliphatic carbocycles. The molecule has 0 spiro atoms. The van der Waals surface area contributed by atoms with Crippen LogP contribution in [0.2, 0.25) is 0 Å². The normalized spacial score (nSPS) is 25.3. The molecule has 0 unspecified atom stereocenters. The van der Waals surface area contributed by atoms with Crippen LogP contribution >= 0.6 is 0 Å². The highest BCUT2D eigenvalue weighted by atomic mass is 19.4. The number of fused-ring (bicyclic) bond motifs is 1. The van der Waals surface area contributed by atoms with Crippen molar-refractivity contribution in [3.05, 3.63) is 24.2 Å². The molecule has 3 rings (SSSR count). The zero-order valence-corrected chi connectivity index (χ0v) is 15.1. The zero-order chi connectivity index (χ0) is 20.2.